The fourth-order valence-corrected chi connectivity index (χ4v) is 3.02. The van der Waals surface area contributed by atoms with E-state index in [9.17, 15) is 9.90 Å². The Morgan fingerprint density at radius 3 is 2.48 bits per heavy atom. The minimum Gasteiger partial charge on any atom is -0.507 e. The Morgan fingerprint density at radius 1 is 1.00 bits per heavy atom. The maximum Gasteiger partial charge on any atom is 0.266 e. The van der Waals surface area contributed by atoms with Crippen molar-refractivity contribution in [3.63, 3.8) is 0 Å². The van der Waals surface area contributed by atoms with Crippen molar-refractivity contribution >= 4 is 22.7 Å². The van der Waals surface area contributed by atoms with Gasteiger partial charge in [-0.1, -0.05) is 30.3 Å². The van der Waals surface area contributed by atoms with Crippen LogP contribution in [0.5, 0.6) is 0 Å². The number of aromatic nitrogens is 3. The third-order valence-electron chi connectivity index (χ3n) is 4.40. The second kappa shape index (κ2) is 6.88. The molecule has 4 rings (SSSR count). The molecule has 4 aromatic rings. The number of rotatable bonds is 3. The molecule has 2 aromatic carbocycles. The summed E-state index contributed by atoms with van der Waals surface area (Å²) in [5, 5.41) is 11.1. The molecule has 5 heteroatoms. The van der Waals surface area contributed by atoms with Crippen LogP contribution in [0.15, 0.2) is 77.9 Å². The SMILES string of the molecule is Cc1ccccc1-n1c(/C=C(\O)c2ccncc2)nc2ccccc2c1=O. The van der Waals surface area contributed by atoms with E-state index in [2.05, 4.69) is 9.97 Å². The molecular formula is C22H17N3O2. The van der Waals surface area contributed by atoms with Gasteiger partial charge in [0, 0.05) is 24.0 Å². The van der Waals surface area contributed by atoms with Crippen LogP contribution in [0.4, 0.5) is 0 Å². The van der Waals surface area contributed by atoms with Gasteiger partial charge in [-0.2, -0.15) is 0 Å². The molecule has 0 aliphatic heterocycles. The number of benzene rings is 2. The Balaban J connectivity index is 2.03. The first-order valence-corrected chi connectivity index (χ1v) is 8.54. The van der Waals surface area contributed by atoms with E-state index in [1.54, 1.807) is 36.7 Å². The molecule has 1 N–H and O–H groups in total. The summed E-state index contributed by atoms with van der Waals surface area (Å²) in [4.78, 5) is 21.8. The summed E-state index contributed by atoms with van der Waals surface area (Å²) in [5.41, 5.74) is 2.68. The number of aryl methyl sites for hydroxylation is 1. The number of hydrogen-bond donors (Lipinski definition) is 1. The monoisotopic (exact) mass is 355 g/mol. The summed E-state index contributed by atoms with van der Waals surface area (Å²) in [6.07, 6.45) is 4.71. The Hall–Kier alpha value is -3.73. The van der Waals surface area contributed by atoms with Gasteiger partial charge in [0.1, 0.15) is 11.6 Å². The van der Waals surface area contributed by atoms with E-state index in [1.807, 2.05) is 43.3 Å². The van der Waals surface area contributed by atoms with Gasteiger partial charge in [-0.3, -0.25) is 14.3 Å². The quantitative estimate of drug-likeness (QED) is 0.561. The van der Waals surface area contributed by atoms with Crippen LogP contribution in [0.25, 0.3) is 28.4 Å². The molecule has 5 nitrogen and oxygen atoms in total. The highest BCUT2D eigenvalue weighted by molar-refractivity contribution is 5.81. The normalized spacial score (nSPS) is 11.7. The van der Waals surface area contributed by atoms with E-state index < -0.39 is 0 Å². The van der Waals surface area contributed by atoms with E-state index in [-0.39, 0.29) is 11.3 Å². The first-order chi connectivity index (χ1) is 13.1. The molecule has 0 radical (unpaired) electrons. The van der Waals surface area contributed by atoms with Gasteiger partial charge in [-0.15, -0.1) is 0 Å². The molecule has 2 heterocycles. The van der Waals surface area contributed by atoms with Crippen LogP contribution in [0.2, 0.25) is 0 Å². The first-order valence-electron chi connectivity index (χ1n) is 8.54. The summed E-state index contributed by atoms with van der Waals surface area (Å²) in [6.45, 7) is 1.94. The molecule has 0 bridgehead atoms. The molecule has 0 spiro atoms. The summed E-state index contributed by atoms with van der Waals surface area (Å²) in [7, 11) is 0. The predicted octanol–water partition coefficient (Wildman–Crippen LogP) is 4.15. The molecule has 0 saturated heterocycles. The molecule has 0 saturated carbocycles. The summed E-state index contributed by atoms with van der Waals surface area (Å²) < 4.78 is 1.54. The lowest BCUT2D eigenvalue weighted by molar-refractivity contribution is 0.515. The second-order valence-electron chi connectivity index (χ2n) is 6.18. The lowest BCUT2D eigenvalue weighted by Crippen LogP contribution is -2.23. The molecular weight excluding hydrogens is 338 g/mol. The third kappa shape index (κ3) is 3.11. The highest BCUT2D eigenvalue weighted by atomic mass is 16.3. The van der Waals surface area contributed by atoms with Gasteiger partial charge in [0.2, 0.25) is 0 Å². The lowest BCUT2D eigenvalue weighted by atomic mass is 10.1. The summed E-state index contributed by atoms with van der Waals surface area (Å²) in [5.74, 6) is 0.379. The number of para-hydroxylation sites is 2. The van der Waals surface area contributed by atoms with Gasteiger partial charge >= 0.3 is 0 Å². The average Bonchev–Trinajstić information content (AvgIpc) is 2.70. The highest BCUT2D eigenvalue weighted by Crippen LogP contribution is 2.20. The van der Waals surface area contributed by atoms with E-state index in [4.69, 9.17) is 0 Å². The Kier molecular flexibility index (Phi) is 4.26. The van der Waals surface area contributed by atoms with Crippen molar-refractivity contribution in [1.82, 2.24) is 14.5 Å². The number of pyridine rings is 1. The molecule has 0 aliphatic rings. The summed E-state index contributed by atoms with van der Waals surface area (Å²) >= 11 is 0. The van der Waals surface area contributed by atoms with Crippen LogP contribution < -0.4 is 5.56 Å². The molecule has 2 aromatic heterocycles. The van der Waals surface area contributed by atoms with Crippen molar-refractivity contribution in [2.45, 2.75) is 6.92 Å². The Labute approximate surface area is 155 Å². The van der Waals surface area contributed by atoms with E-state index >= 15 is 0 Å². The van der Waals surface area contributed by atoms with Crippen LogP contribution in [0, 0.1) is 6.92 Å². The molecule has 27 heavy (non-hydrogen) atoms. The maximum atomic E-state index is 13.2. The zero-order valence-corrected chi connectivity index (χ0v) is 14.7. The lowest BCUT2D eigenvalue weighted by Gasteiger charge is -2.14. The molecule has 0 fully saturated rings. The van der Waals surface area contributed by atoms with Crippen LogP contribution in [-0.4, -0.2) is 19.6 Å². The highest BCUT2D eigenvalue weighted by Gasteiger charge is 2.13. The predicted molar refractivity (Wildman–Crippen MR) is 107 cm³/mol. The molecule has 0 amide bonds. The minimum atomic E-state index is -0.177. The van der Waals surface area contributed by atoms with Gasteiger partial charge in [0.05, 0.1) is 16.6 Å². The Bertz CT molecular complexity index is 1210. The van der Waals surface area contributed by atoms with Gasteiger partial charge in [0.15, 0.2) is 0 Å². The van der Waals surface area contributed by atoms with E-state index in [0.29, 0.717) is 22.3 Å². The van der Waals surface area contributed by atoms with Crippen LogP contribution >= 0.6 is 0 Å². The standard InChI is InChI=1S/C22H17N3O2/c1-15-6-2-5-9-19(15)25-21(14-20(26)16-10-12-23-13-11-16)24-18-8-4-3-7-17(18)22(25)27/h2-14,26H,1H3/b20-14-. The van der Waals surface area contributed by atoms with Crippen LogP contribution in [0.3, 0.4) is 0 Å². The van der Waals surface area contributed by atoms with Gasteiger partial charge in [0.25, 0.3) is 5.56 Å². The third-order valence-corrected chi connectivity index (χ3v) is 4.40. The smallest absolute Gasteiger partial charge is 0.266 e. The van der Waals surface area contributed by atoms with Crippen LogP contribution in [-0.2, 0) is 0 Å². The maximum absolute atomic E-state index is 13.2. The summed E-state index contributed by atoms with van der Waals surface area (Å²) in [6, 6.07) is 18.2. The first kappa shape index (κ1) is 16.7. The number of aliphatic hydroxyl groups excluding tert-OH is 1. The van der Waals surface area contributed by atoms with Crippen molar-refractivity contribution in [2.24, 2.45) is 0 Å². The second-order valence-corrected chi connectivity index (χ2v) is 6.18. The fourth-order valence-electron chi connectivity index (χ4n) is 3.02. The van der Waals surface area contributed by atoms with E-state index in [0.717, 1.165) is 11.3 Å². The number of aliphatic hydroxyl groups is 1. The van der Waals surface area contributed by atoms with Gasteiger partial charge in [-0.25, -0.2) is 4.98 Å². The van der Waals surface area contributed by atoms with Crippen molar-refractivity contribution in [3.8, 4) is 5.69 Å². The zero-order chi connectivity index (χ0) is 18.8. The van der Waals surface area contributed by atoms with Crippen molar-refractivity contribution in [1.29, 1.82) is 0 Å². The van der Waals surface area contributed by atoms with Crippen molar-refractivity contribution < 1.29 is 5.11 Å². The van der Waals surface area contributed by atoms with Gasteiger partial charge < -0.3 is 5.11 Å². The van der Waals surface area contributed by atoms with Crippen molar-refractivity contribution in [3.05, 3.63) is 100 Å². The topological polar surface area (TPSA) is 68.0 Å². The average molecular weight is 355 g/mol. The minimum absolute atomic E-state index is 0.0157. The zero-order valence-electron chi connectivity index (χ0n) is 14.7. The Morgan fingerprint density at radius 2 is 1.70 bits per heavy atom. The number of nitrogens with zero attached hydrogens (tertiary/aromatic N) is 3. The number of hydrogen-bond acceptors (Lipinski definition) is 4. The van der Waals surface area contributed by atoms with Crippen LogP contribution in [0.1, 0.15) is 17.0 Å². The fraction of sp³-hybridized carbons (Fsp3) is 0.0455. The molecule has 0 atom stereocenters. The van der Waals surface area contributed by atoms with E-state index in [1.165, 1.54) is 10.6 Å². The van der Waals surface area contributed by atoms with Gasteiger partial charge in [-0.05, 0) is 42.8 Å². The van der Waals surface area contributed by atoms with Crippen molar-refractivity contribution in [2.75, 3.05) is 0 Å². The molecule has 0 aliphatic carbocycles. The largest absolute Gasteiger partial charge is 0.507 e. The number of fused-ring (bicyclic) bond motifs is 1. The molecule has 0 unspecified atom stereocenters. The molecule has 132 valence electrons.